The lowest BCUT2D eigenvalue weighted by molar-refractivity contribution is -0.140. The first-order chi connectivity index (χ1) is 10.9. The molecule has 0 radical (unpaired) electrons. The molecule has 2 N–H and O–H groups in total. The van der Waals surface area contributed by atoms with Crippen molar-refractivity contribution in [3.05, 3.63) is 0 Å². The van der Waals surface area contributed by atoms with Gasteiger partial charge >= 0.3 is 0 Å². The van der Waals surface area contributed by atoms with Crippen molar-refractivity contribution in [3.63, 3.8) is 0 Å². The largest absolute Gasteiger partial charge is 0.352 e. The van der Waals surface area contributed by atoms with Gasteiger partial charge in [-0.3, -0.25) is 14.4 Å². The van der Waals surface area contributed by atoms with Crippen LogP contribution in [0.2, 0.25) is 0 Å². The summed E-state index contributed by atoms with van der Waals surface area (Å²) >= 11 is 0. The summed E-state index contributed by atoms with van der Waals surface area (Å²) in [5, 5.41) is 6.12. The molecule has 3 atom stereocenters. The van der Waals surface area contributed by atoms with Gasteiger partial charge in [-0.05, 0) is 31.6 Å². The molecule has 0 aromatic rings. The normalized spacial score (nSPS) is 33.0. The maximum absolute atomic E-state index is 12.6. The van der Waals surface area contributed by atoms with Crippen LogP contribution in [0.5, 0.6) is 0 Å². The Labute approximate surface area is 137 Å². The molecule has 3 fully saturated rings. The highest BCUT2D eigenvalue weighted by Crippen LogP contribution is 2.41. The molecule has 128 valence electrons. The Balaban J connectivity index is 1.61. The zero-order valence-electron chi connectivity index (χ0n) is 14.1. The number of nitrogens with zero attached hydrogens (tertiary/aromatic N) is 1. The molecule has 3 rings (SSSR count). The van der Waals surface area contributed by atoms with E-state index in [9.17, 15) is 14.4 Å². The third-order valence-electron chi connectivity index (χ3n) is 5.69. The second-order valence-electron chi connectivity index (χ2n) is 7.56. The summed E-state index contributed by atoms with van der Waals surface area (Å²) in [6, 6.07) is -0.349. The first-order valence-corrected chi connectivity index (χ1v) is 8.82. The Kier molecular flexibility index (Phi) is 4.34. The highest BCUT2D eigenvalue weighted by atomic mass is 16.2. The molecule has 6 heteroatoms. The summed E-state index contributed by atoms with van der Waals surface area (Å²) in [5.41, 5.74) is -0.252. The van der Waals surface area contributed by atoms with Crippen LogP contribution >= 0.6 is 0 Å². The number of fused-ring (bicyclic) bond motifs is 1. The predicted octanol–water partition coefficient (Wildman–Crippen LogP) is 0.808. The van der Waals surface area contributed by atoms with Crippen LogP contribution in [-0.4, -0.2) is 47.3 Å². The molecule has 1 saturated carbocycles. The monoisotopic (exact) mass is 321 g/mol. The molecule has 2 aliphatic heterocycles. The van der Waals surface area contributed by atoms with Crippen LogP contribution in [0.1, 0.15) is 52.4 Å². The predicted molar refractivity (Wildman–Crippen MR) is 85.4 cm³/mol. The summed E-state index contributed by atoms with van der Waals surface area (Å²) in [5.74, 6) is 0.329. The summed E-state index contributed by atoms with van der Waals surface area (Å²) < 4.78 is 0. The SMILES string of the molecule is CC(C)C(=O)N1CCCC1C(=O)NCC12CCCC1CC(=O)N2. The average molecular weight is 321 g/mol. The Hall–Kier alpha value is -1.59. The maximum Gasteiger partial charge on any atom is 0.242 e. The van der Waals surface area contributed by atoms with Crippen molar-refractivity contribution in [1.29, 1.82) is 0 Å². The fourth-order valence-corrected chi connectivity index (χ4v) is 4.43. The van der Waals surface area contributed by atoms with Crippen LogP contribution in [-0.2, 0) is 14.4 Å². The number of hydrogen-bond acceptors (Lipinski definition) is 3. The summed E-state index contributed by atoms with van der Waals surface area (Å²) in [6.45, 7) is 4.89. The molecule has 0 bridgehead atoms. The molecule has 2 heterocycles. The highest BCUT2D eigenvalue weighted by Gasteiger charge is 2.49. The van der Waals surface area contributed by atoms with Gasteiger partial charge in [0.25, 0.3) is 0 Å². The van der Waals surface area contributed by atoms with Gasteiger partial charge in [-0.2, -0.15) is 0 Å². The molecule has 3 aliphatic rings. The van der Waals surface area contributed by atoms with Crippen LogP contribution < -0.4 is 10.6 Å². The van der Waals surface area contributed by atoms with E-state index in [2.05, 4.69) is 10.6 Å². The molecule has 1 aliphatic carbocycles. The Morgan fingerprint density at radius 1 is 1.35 bits per heavy atom. The van der Waals surface area contributed by atoms with E-state index in [1.807, 2.05) is 13.8 Å². The maximum atomic E-state index is 12.6. The lowest BCUT2D eigenvalue weighted by atomic mass is 9.89. The van der Waals surface area contributed by atoms with Gasteiger partial charge < -0.3 is 15.5 Å². The zero-order valence-corrected chi connectivity index (χ0v) is 14.1. The number of nitrogens with one attached hydrogen (secondary N) is 2. The molecule has 0 spiro atoms. The Morgan fingerprint density at radius 2 is 2.13 bits per heavy atom. The minimum atomic E-state index is -0.349. The van der Waals surface area contributed by atoms with Crippen molar-refractivity contribution in [3.8, 4) is 0 Å². The van der Waals surface area contributed by atoms with E-state index in [0.29, 0.717) is 25.4 Å². The van der Waals surface area contributed by atoms with Gasteiger partial charge in [0.05, 0.1) is 5.54 Å². The number of rotatable bonds is 4. The lowest BCUT2D eigenvalue weighted by Gasteiger charge is -2.31. The molecule has 3 amide bonds. The van der Waals surface area contributed by atoms with Crippen molar-refractivity contribution in [2.45, 2.75) is 64.0 Å². The Morgan fingerprint density at radius 3 is 2.87 bits per heavy atom. The first-order valence-electron chi connectivity index (χ1n) is 8.82. The third-order valence-corrected chi connectivity index (χ3v) is 5.69. The number of amides is 3. The van der Waals surface area contributed by atoms with E-state index in [1.54, 1.807) is 4.90 Å². The van der Waals surface area contributed by atoms with Crippen LogP contribution in [0.4, 0.5) is 0 Å². The minimum absolute atomic E-state index is 0.0497. The number of likely N-dealkylation sites (tertiary alicyclic amines) is 1. The van der Waals surface area contributed by atoms with E-state index < -0.39 is 0 Å². The zero-order chi connectivity index (χ0) is 16.6. The molecule has 0 aromatic heterocycles. The van der Waals surface area contributed by atoms with E-state index in [0.717, 1.165) is 32.1 Å². The van der Waals surface area contributed by atoms with Crippen LogP contribution in [0, 0.1) is 11.8 Å². The van der Waals surface area contributed by atoms with Crippen molar-refractivity contribution >= 4 is 17.7 Å². The van der Waals surface area contributed by atoms with Gasteiger partial charge in [-0.25, -0.2) is 0 Å². The fraction of sp³-hybridized carbons (Fsp3) is 0.824. The van der Waals surface area contributed by atoms with E-state index in [-0.39, 0.29) is 35.2 Å². The Bertz CT molecular complexity index is 519. The fourth-order valence-electron chi connectivity index (χ4n) is 4.43. The van der Waals surface area contributed by atoms with Crippen LogP contribution in [0.3, 0.4) is 0 Å². The minimum Gasteiger partial charge on any atom is -0.352 e. The molecule has 3 unspecified atom stereocenters. The number of carbonyl (C=O) groups excluding carboxylic acids is 3. The van der Waals surface area contributed by atoms with Gasteiger partial charge in [0.1, 0.15) is 6.04 Å². The van der Waals surface area contributed by atoms with Gasteiger partial charge in [-0.15, -0.1) is 0 Å². The molecule has 0 aromatic carbocycles. The standard InChI is InChI=1S/C17H27N3O3/c1-11(2)16(23)20-8-4-6-13(20)15(22)18-10-17-7-3-5-12(17)9-14(21)19-17/h11-13H,3-10H2,1-2H3,(H,18,22)(H,19,21). The van der Waals surface area contributed by atoms with Crippen LogP contribution in [0.25, 0.3) is 0 Å². The van der Waals surface area contributed by atoms with E-state index >= 15 is 0 Å². The van der Waals surface area contributed by atoms with Crippen molar-refractivity contribution < 1.29 is 14.4 Å². The number of hydrogen-bond donors (Lipinski definition) is 2. The van der Waals surface area contributed by atoms with Gasteiger partial charge in [-0.1, -0.05) is 20.3 Å². The third kappa shape index (κ3) is 2.95. The molecule has 6 nitrogen and oxygen atoms in total. The highest BCUT2D eigenvalue weighted by molar-refractivity contribution is 5.89. The number of carbonyl (C=O) groups is 3. The molecular formula is C17H27N3O3. The van der Waals surface area contributed by atoms with Crippen molar-refractivity contribution in [1.82, 2.24) is 15.5 Å². The van der Waals surface area contributed by atoms with Gasteiger partial charge in [0.15, 0.2) is 0 Å². The average Bonchev–Trinajstić information content (AvgIpc) is 3.17. The molecular weight excluding hydrogens is 294 g/mol. The second-order valence-corrected chi connectivity index (χ2v) is 7.56. The van der Waals surface area contributed by atoms with E-state index in [4.69, 9.17) is 0 Å². The smallest absolute Gasteiger partial charge is 0.242 e. The van der Waals surface area contributed by atoms with Crippen molar-refractivity contribution in [2.75, 3.05) is 13.1 Å². The second kappa shape index (κ2) is 6.13. The summed E-state index contributed by atoms with van der Waals surface area (Å²) in [6.07, 6.45) is 5.27. The first kappa shape index (κ1) is 16.3. The molecule has 23 heavy (non-hydrogen) atoms. The van der Waals surface area contributed by atoms with Gasteiger partial charge in [0.2, 0.25) is 17.7 Å². The summed E-state index contributed by atoms with van der Waals surface area (Å²) in [4.78, 5) is 38.2. The topological polar surface area (TPSA) is 78.5 Å². The van der Waals surface area contributed by atoms with Crippen LogP contribution in [0.15, 0.2) is 0 Å². The summed E-state index contributed by atoms with van der Waals surface area (Å²) in [7, 11) is 0. The van der Waals surface area contributed by atoms with Crippen molar-refractivity contribution in [2.24, 2.45) is 11.8 Å². The lowest BCUT2D eigenvalue weighted by Crippen LogP contribution is -2.55. The van der Waals surface area contributed by atoms with E-state index in [1.165, 1.54) is 0 Å². The quantitative estimate of drug-likeness (QED) is 0.804. The van der Waals surface area contributed by atoms with Gasteiger partial charge in [0, 0.05) is 25.4 Å². The molecule has 2 saturated heterocycles.